The van der Waals surface area contributed by atoms with Crippen LogP contribution < -0.4 is 5.32 Å². The summed E-state index contributed by atoms with van der Waals surface area (Å²) < 4.78 is 1.41. The molecule has 0 saturated carbocycles. The molecule has 0 atom stereocenters. The fraction of sp³-hybridized carbons (Fsp3) is 0. The number of fused-ring (bicyclic) bond motifs is 1. The van der Waals surface area contributed by atoms with Crippen LogP contribution in [0.5, 0.6) is 0 Å². The van der Waals surface area contributed by atoms with Crippen LogP contribution in [0.15, 0.2) is 42.9 Å². The lowest BCUT2D eigenvalue weighted by atomic mass is 10.2. The number of aromatic nitrogens is 2. The van der Waals surface area contributed by atoms with Gasteiger partial charge in [-0.25, -0.2) is 4.79 Å². The predicted octanol–water partition coefficient (Wildman–Crippen LogP) is 4.12. The van der Waals surface area contributed by atoms with Crippen LogP contribution in [-0.2, 0) is 0 Å². The molecule has 0 aliphatic carbocycles. The maximum absolute atomic E-state index is 12.7. The molecule has 2 N–H and O–H groups in total. The van der Waals surface area contributed by atoms with Gasteiger partial charge in [-0.2, -0.15) is 0 Å². The van der Waals surface area contributed by atoms with Crippen molar-refractivity contribution < 1.29 is 14.7 Å². The van der Waals surface area contributed by atoms with Gasteiger partial charge in [0.05, 0.1) is 21.1 Å². The largest absolute Gasteiger partial charge is 0.465 e. The Morgan fingerprint density at radius 3 is 2.52 bits per heavy atom. The molecule has 1 aromatic carbocycles. The zero-order valence-corrected chi connectivity index (χ0v) is 13.0. The second kappa shape index (κ2) is 5.91. The van der Waals surface area contributed by atoms with Crippen molar-refractivity contribution in [3.05, 3.63) is 58.5 Å². The molecular formula is C15H9Cl2N3O3. The molecule has 116 valence electrons. The van der Waals surface area contributed by atoms with Crippen LogP contribution in [0, 0.1) is 0 Å². The van der Waals surface area contributed by atoms with E-state index in [1.807, 2.05) is 0 Å². The lowest BCUT2D eigenvalue weighted by molar-refractivity contribution is 0.0965. The van der Waals surface area contributed by atoms with Crippen LogP contribution in [-0.4, -0.2) is 26.7 Å². The minimum Gasteiger partial charge on any atom is -0.465 e. The van der Waals surface area contributed by atoms with Crippen molar-refractivity contribution >= 4 is 51.8 Å². The summed E-state index contributed by atoms with van der Waals surface area (Å²) in [7, 11) is 0. The third-order valence-corrected chi connectivity index (χ3v) is 3.81. The number of benzene rings is 1. The summed E-state index contributed by atoms with van der Waals surface area (Å²) >= 11 is 12.2. The molecular weight excluding hydrogens is 341 g/mol. The van der Waals surface area contributed by atoms with Crippen LogP contribution in [0.4, 0.5) is 10.5 Å². The molecule has 0 radical (unpaired) electrons. The van der Waals surface area contributed by atoms with Gasteiger partial charge < -0.3 is 5.11 Å². The van der Waals surface area contributed by atoms with Crippen LogP contribution in [0.2, 0.25) is 10.0 Å². The summed E-state index contributed by atoms with van der Waals surface area (Å²) in [5, 5.41) is 11.8. The molecule has 0 aliphatic rings. The molecule has 1 amide bonds. The van der Waals surface area contributed by atoms with E-state index in [1.165, 1.54) is 16.7 Å². The van der Waals surface area contributed by atoms with Gasteiger partial charge in [0.15, 0.2) is 0 Å². The van der Waals surface area contributed by atoms with Crippen molar-refractivity contribution in [3.8, 4) is 0 Å². The first-order chi connectivity index (χ1) is 11.0. The van der Waals surface area contributed by atoms with Gasteiger partial charge >= 0.3 is 6.09 Å². The average molecular weight is 350 g/mol. The summed E-state index contributed by atoms with van der Waals surface area (Å²) in [6, 6.07) is 6.13. The van der Waals surface area contributed by atoms with Crippen molar-refractivity contribution in [2.75, 3.05) is 5.32 Å². The molecule has 3 aromatic rings. The molecule has 23 heavy (non-hydrogen) atoms. The quantitative estimate of drug-likeness (QED) is 0.728. The number of carbonyl (C=O) groups excluding carboxylic acids is 1. The molecule has 2 aromatic heterocycles. The van der Waals surface area contributed by atoms with Crippen LogP contribution in [0.25, 0.3) is 10.9 Å². The molecule has 0 saturated heterocycles. The molecule has 2 heterocycles. The average Bonchev–Trinajstić information content (AvgIpc) is 2.89. The molecule has 6 nitrogen and oxygen atoms in total. The molecule has 0 spiro atoms. The Bertz CT molecular complexity index is 914. The fourth-order valence-corrected chi connectivity index (χ4v) is 2.90. The number of pyridine rings is 1. The SMILES string of the molecule is O=C(O)Nc1cc(Cl)c(C(=O)n2ccc3cnccc32)c(Cl)c1. The van der Waals surface area contributed by atoms with Crippen molar-refractivity contribution in [3.63, 3.8) is 0 Å². The van der Waals surface area contributed by atoms with E-state index < -0.39 is 12.0 Å². The van der Waals surface area contributed by atoms with Gasteiger partial charge in [-0.05, 0) is 24.3 Å². The van der Waals surface area contributed by atoms with Gasteiger partial charge in [-0.3, -0.25) is 19.7 Å². The predicted molar refractivity (Wildman–Crippen MR) is 87.6 cm³/mol. The van der Waals surface area contributed by atoms with Gasteiger partial charge in [0.25, 0.3) is 5.91 Å². The molecule has 3 rings (SSSR count). The molecule has 0 unspecified atom stereocenters. The Morgan fingerprint density at radius 1 is 1.17 bits per heavy atom. The van der Waals surface area contributed by atoms with Gasteiger partial charge in [-0.1, -0.05) is 23.2 Å². The Hall–Kier alpha value is -2.57. The monoisotopic (exact) mass is 349 g/mol. The second-order valence-electron chi connectivity index (χ2n) is 4.67. The number of halogens is 2. The topological polar surface area (TPSA) is 84.2 Å². The van der Waals surface area contributed by atoms with Gasteiger partial charge in [0, 0.05) is 29.7 Å². The van der Waals surface area contributed by atoms with Gasteiger partial charge in [-0.15, -0.1) is 0 Å². The molecule has 8 heteroatoms. The number of nitrogens with one attached hydrogen (secondary N) is 1. The lowest BCUT2D eigenvalue weighted by Crippen LogP contribution is -2.13. The van der Waals surface area contributed by atoms with Crippen LogP contribution in [0.3, 0.4) is 0 Å². The summed E-state index contributed by atoms with van der Waals surface area (Å²) in [5.41, 5.74) is 0.953. The number of nitrogens with zero attached hydrogens (tertiary/aromatic N) is 2. The van der Waals surface area contributed by atoms with Gasteiger partial charge in [0.2, 0.25) is 0 Å². The van der Waals surface area contributed by atoms with Gasteiger partial charge in [0.1, 0.15) is 0 Å². The van der Waals surface area contributed by atoms with E-state index in [-0.39, 0.29) is 21.3 Å². The molecule has 0 aliphatic heterocycles. The Kier molecular flexibility index (Phi) is 3.94. The first kappa shape index (κ1) is 15.3. The van der Waals surface area contributed by atoms with E-state index in [9.17, 15) is 9.59 Å². The zero-order valence-electron chi connectivity index (χ0n) is 11.5. The normalized spacial score (nSPS) is 10.7. The van der Waals surface area contributed by atoms with E-state index in [4.69, 9.17) is 28.3 Å². The number of rotatable bonds is 2. The number of hydrogen-bond donors (Lipinski definition) is 2. The maximum Gasteiger partial charge on any atom is 0.409 e. The third-order valence-electron chi connectivity index (χ3n) is 3.22. The van der Waals surface area contributed by atoms with E-state index in [0.29, 0.717) is 5.52 Å². The Balaban J connectivity index is 2.07. The summed E-state index contributed by atoms with van der Waals surface area (Å²) in [6.45, 7) is 0. The summed E-state index contributed by atoms with van der Waals surface area (Å²) in [5.74, 6) is -0.414. The standard InChI is InChI=1S/C15H9Cl2N3O3/c16-10-5-9(19-15(22)23)6-11(17)13(10)14(21)20-4-2-8-7-18-3-1-12(8)20/h1-7,19H,(H,22,23). The summed E-state index contributed by atoms with van der Waals surface area (Å²) in [6.07, 6.45) is 3.57. The van der Waals surface area contributed by atoms with E-state index >= 15 is 0 Å². The van der Waals surface area contributed by atoms with Crippen molar-refractivity contribution in [1.29, 1.82) is 0 Å². The van der Waals surface area contributed by atoms with Crippen molar-refractivity contribution in [2.45, 2.75) is 0 Å². The van der Waals surface area contributed by atoms with Crippen LogP contribution in [0.1, 0.15) is 10.4 Å². The van der Waals surface area contributed by atoms with E-state index in [0.717, 1.165) is 5.39 Å². The minimum atomic E-state index is -1.25. The van der Waals surface area contributed by atoms with Crippen molar-refractivity contribution in [2.24, 2.45) is 0 Å². The first-order valence-electron chi connectivity index (χ1n) is 6.42. The maximum atomic E-state index is 12.7. The number of carboxylic acid groups (broad SMARTS) is 1. The Labute approximate surface area is 140 Å². The highest BCUT2D eigenvalue weighted by Crippen LogP contribution is 2.30. The minimum absolute atomic E-state index is 0.0576. The lowest BCUT2D eigenvalue weighted by Gasteiger charge is -2.10. The molecule has 0 fully saturated rings. The number of carbonyl (C=O) groups is 2. The highest BCUT2D eigenvalue weighted by Gasteiger charge is 2.19. The van der Waals surface area contributed by atoms with Crippen molar-refractivity contribution in [1.82, 2.24) is 9.55 Å². The zero-order chi connectivity index (χ0) is 16.6. The fourth-order valence-electron chi connectivity index (χ4n) is 2.25. The van der Waals surface area contributed by atoms with E-state index in [1.54, 1.807) is 30.7 Å². The van der Waals surface area contributed by atoms with E-state index in [2.05, 4.69) is 10.3 Å². The first-order valence-corrected chi connectivity index (χ1v) is 7.17. The third kappa shape index (κ3) is 2.86. The molecule has 0 bridgehead atoms. The highest BCUT2D eigenvalue weighted by atomic mass is 35.5. The summed E-state index contributed by atoms with van der Waals surface area (Å²) in [4.78, 5) is 27.4. The number of hydrogen-bond acceptors (Lipinski definition) is 3. The highest BCUT2D eigenvalue weighted by molar-refractivity contribution is 6.40. The number of amides is 1. The Morgan fingerprint density at radius 2 is 1.87 bits per heavy atom. The van der Waals surface area contributed by atoms with Crippen LogP contribution >= 0.6 is 23.2 Å². The number of anilines is 1. The smallest absolute Gasteiger partial charge is 0.409 e. The second-order valence-corrected chi connectivity index (χ2v) is 5.48.